The minimum atomic E-state index is -3.69. The van der Waals surface area contributed by atoms with Crippen LogP contribution in [0.3, 0.4) is 0 Å². The summed E-state index contributed by atoms with van der Waals surface area (Å²) in [6.45, 7) is 3.56. The maximum atomic E-state index is 14.2. The first-order valence-corrected chi connectivity index (χ1v) is 9.86. The van der Waals surface area contributed by atoms with Crippen LogP contribution in [0.15, 0.2) is 36.5 Å². The number of nitrogens with zero attached hydrogens (tertiary/aromatic N) is 1. The summed E-state index contributed by atoms with van der Waals surface area (Å²) in [5.41, 5.74) is 2.71. The van der Waals surface area contributed by atoms with Crippen molar-refractivity contribution >= 4 is 5.82 Å². The van der Waals surface area contributed by atoms with Crippen molar-refractivity contribution in [2.75, 3.05) is 12.4 Å². The molecule has 0 saturated heterocycles. The van der Waals surface area contributed by atoms with E-state index in [0.29, 0.717) is 28.9 Å². The van der Waals surface area contributed by atoms with Gasteiger partial charge in [-0.1, -0.05) is 6.92 Å². The summed E-state index contributed by atoms with van der Waals surface area (Å²) in [5, 5.41) is 2.97. The van der Waals surface area contributed by atoms with Crippen LogP contribution in [-0.2, 0) is 13.0 Å². The molecule has 0 spiro atoms. The lowest BCUT2D eigenvalue weighted by Crippen LogP contribution is -2.25. The van der Waals surface area contributed by atoms with Crippen molar-refractivity contribution in [1.82, 2.24) is 4.98 Å². The Morgan fingerprint density at radius 3 is 2.31 bits per heavy atom. The Labute approximate surface area is 182 Å². The highest BCUT2D eigenvalue weighted by molar-refractivity contribution is 5.72. The second-order valence-electron chi connectivity index (χ2n) is 7.29. The summed E-state index contributed by atoms with van der Waals surface area (Å²) in [6, 6.07) is 7.04. The zero-order valence-corrected chi connectivity index (χ0v) is 17.6. The number of nitrogens with one attached hydrogen (secondary N) is 1. The molecule has 0 fully saturated rings. The lowest BCUT2D eigenvalue weighted by molar-refractivity contribution is -0.286. The molecule has 4 rings (SSSR count). The zero-order chi connectivity index (χ0) is 23.0. The molecule has 0 saturated carbocycles. The predicted octanol–water partition coefficient (Wildman–Crippen LogP) is 5.84. The topological polar surface area (TPSA) is 52.6 Å². The summed E-state index contributed by atoms with van der Waals surface area (Å²) in [5.74, 6) is -0.968. The Kier molecular flexibility index (Phi) is 5.58. The van der Waals surface area contributed by atoms with Gasteiger partial charge in [0.2, 0.25) is 0 Å². The van der Waals surface area contributed by atoms with E-state index in [1.807, 2.05) is 13.0 Å². The van der Waals surface area contributed by atoms with Crippen molar-refractivity contribution in [3.63, 3.8) is 0 Å². The number of ether oxygens (including phenoxy) is 3. The van der Waals surface area contributed by atoms with Gasteiger partial charge in [-0.25, -0.2) is 13.8 Å². The number of halogens is 4. The summed E-state index contributed by atoms with van der Waals surface area (Å²) >= 11 is 0. The normalized spacial score (nSPS) is 13.8. The molecule has 9 heteroatoms. The molecular weight excluding hydrogens is 428 g/mol. The van der Waals surface area contributed by atoms with Crippen molar-refractivity contribution in [2.45, 2.75) is 33.1 Å². The first kappa shape index (κ1) is 21.7. The number of aryl methyl sites for hydroxylation is 2. The summed E-state index contributed by atoms with van der Waals surface area (Å²) in [6.07, 6.45) is -1.55. The van der Waals surface area contributed by atoms with Crippen molar-refractivity contribution < 1.29 is 31.8 Å². The van der Waals surface area contributed by atoms with Crippen LogP contribution in [0.5, 0.6) is 17.2 Å². The first-order chi connectivity index (χ1) is 15.2. The minimum absolute atomic E-state index is 0.0262. The number of rotatable bonds is 6. The number of fused-ring (bicyclic) bond motifs is 1. The molecule has 1 N–H and O–H groups in total. The molecule has 0 aliphatic carbocycles. The van der Waals surface area contributed by atoms with Gasteiger partial charge in [0.1, 0.15) is 23.2 Å². The van der Waals surface area contributed by atoms with E-state index in [1.54, 1.807) is 13.1 Å². The average molecular weight is 448 g/mol. The van der Waals surface area contributed by atoms with Crippen LogP contribution in [0.4, 0.5) is 23.4 Å². The maximum Gasteiger partial charge on any atom is 0.586 e. The molecule has 3 aromatic rings. The summed E-state index contributed by atoms with van der Waals surface area (Å²) < 4.78 is 69.1. The van der Waals surface area contributed by atoms with Crippen LogP contribution in [0, 0.1) is 18.6 Å². The lowest BCUT2D eigenvalue weighted by Gasteiger charge is -2.14. The first-order valence-electron chi connectivity index (χ1n) is 9.86. The minimum Gasteiger partial charge on any atom is -0.497 e. The smallest absolute Gasteiger partial charge is 0.497 e. The van der Waals surface area contributed by atoms with Crippen molar-refractivity contribution in [3.8, 4) is 28.4 Å². The van der Waals surface area contributed by atoms with E-state index in [9.17, 15) is 17.6 Å². The Balaban J connectivity index is 1.60. The number of anilines is 1. The van der Waals surface area contributed by atoms with Crippen molar-refractivity contribution in [1.29, 1.82) is 0 Å². The number of methoxy groups -OCH3 is 1. The van der Waals surface area contributed by atoms with Gasteiger partial charge in [0.15, 0.2) is 11.5 Å². The molecule has 32 heavy (non-hydrogen) atoms. The molecule has 0 bridgehead atoms. The van der Waals surface area contributed by atoms with Gasteiger partial charge in [-0.2, -0.15) is 0 Å². The fourth-order valence-corrected chi connectivity index (χ4v) is 3.53. The fourth-order valence-electron chi connectivity index (χ4n) is 3.53. The highest BCUT2D eigenvalue weighted by Crippen LogP contribution is 2.44. The van der Waals surface area contributed by atoms with Crippen molar-refractivity contribution in [2.24, 2.45) is 0 Å². The van der Waals surface area contributed by atoms with E-state index in [2.05, 4.69) is 19.8 Å². The molecule has 1 aliphatic heterocycles. The lowest BCUT2D eigenvalue weighted by atomic mass is 9.99. The van der Waals surface area contributed by atoms with Gasteiger partial charge in [-0.15, -0.1) is 8.78 Å². The molecular formula is C23H20F4N2O3. The number of hydrogen-bond donors (Lipinski definition) is 1. The Morgan fingerprint density at radius 1 is 1.03 bits per heavy atom. The molecule has 0 radical (unpaired) electrons. The number of pyridine rings is 1. The van der Waals surface area contributed by atoms with Crippen LogP contribution in [0.1, 0.15) is 23.6 Å². The van der Waals surface area contributed by atoms with E-state index in [1.165, 1.54) is 19.2 Å². The van der Waals surface area contributed by atoms with Crippen LogP contribution in [0.2, 0.25) is 0 Å². The molecule has 2 aromatic carbocycles. The SMILES string of the molecule is CCc1cc(-c2cc3c(cc2C)OC(F)(F)O3)cnc1NCc1c(F)cc(OC)cc1F. The molecule has 2 heterocycles. The van der Waals surface area contributed by atoms with E-state index in [0.717, 1.165) is 17.7 Å². The standard InChI is InChI=1S/C23H20F4N2O3/c1-4-13-6-14(16-9-21-20(5-12(16)2)31-23(26,27)32-21)10-28-22(13)29-11-17-18(24)7-15(30-3)8-19(17)25/h5-10H,4,11H2,1-3H3,(H,28,29). The Bertz CT molecular complexity index is 1160. The van der Waals surface area contributed by atoms with Gasteiger partial charge in [0, 0.05) is 36.0 Å². The van der Waals surface area contributed by atoms with Gasteiger partial charge < -0.3 is 19.5 Å². The second-order valence-corrected chi connectivity index (χ2v) is 7.29. The molecule has 168 valence electrons. The van der Waals surface area contributed by atoms with E-state index in [4.69, 9.17) is 4.74 Å². The predicted molar refractivity (Wildman–Crippen MR) is 110 cm³/mol. The molecule has 5 nitrogen and oxygen atoms in total. The quantitative estimate of drug-likeness (QED) is 0.480. The van der Waals surface area contributed by atoms with Crippen LogP contribution in [-0.4, -0.2) is 18.4 Å². The van der Waals surface area contributed by atoms with Gasteiger partial charge in [-0.3, -0.25) is 0 Å². The van der Waals surface area contributed by atoms with Crippen LogP contribution >= 0.6 is 0 Å². The maximum absolute atomic E-state index is 14.2. The third kappa shape index (κ3) is 4.15. The molecule has 0 amide bonds. The highest BCUT2D eigenvalue weighted by atomic mass is 19.3. The molecule has 1 aromatic heterocycles. The molecule has 0 atom stereocenters. The third-order valence-corrected chi connectivity index (χ3v) is 5.19. The molecule has 0 unspecified atom stereocenters. The van der Waals surface area contributed by atoms with E-state index >= 15 is 0 Å². The number of alkyl halides is 2. The largest absolute Gasteiger partial charge is 0.586 e. The van der Waals surface area contributed by atoms with Crippen molar-refractivity contribution in [3.05, 3.63) is 64.9 Å². The van der Waals surface area contributed by atoms with Gasteiger partial charge in [0.25, 0.3) is 0 Å². The van der Waals surface area contributed by atoms with Gasteiger partial charge in [-0.05, 0) is 48.2 Å². The van der Waals surface area contributed by atoms with Gasteiger partial charge >= 0.3 is 6.29 Å². The fraction of sp³-hybridized carbons (Fsp3) is 0.261. The van der Waals surface area contributed by atoms with E-state index in [-0.39, 0.29) is 29.4 Å². The highest BCUT2D eigenvalue weighted by Gasteiger charge is 2.43. The average Bonchev–Trinajstić information content (AvgIpc) is 3.05. The Morgan fingerprint density at radius 2 is 1.69 bits per heavy atom. The second kappa shape index (κ2) is 8.22. The number of hydrogen-bond acceptors (Lipinski definition) is 5. The molecule has 1 aliphatic rings. The summed E-state index contributed by atoms with van der Waals surface area (Å²) in [4.78, 5) is 4.40. The van der Waals surface area contributed by atoms with Gasteiger partial charge in [0.05, 0.1) is 7.11 Å². The Hall–Kier alpha value is -3.49. The van der Waals surface area contributed by atoms with Crippen LogP contribution < -0.4 is 19.5 Å². The summed E-state index contributed by atoms with van der Waals surface area (Å²) in [7, 11) is 1.33. The third-order valence-electron chi connectivity index (χ3n) is 5.19. The number of benzene rings is 2. The van der Waals surface area contributed by atoms with E-state index < -0.39 is 17.9 Å². The zero-order valence-electron chi connectivity index (χ0n) is 17.6. The number of aromatic nitrogens is 1. The van der Waals surface area contributed by atoms with Crippen LogP contribution in [0.25, 0.3) is 11.1 Å². The monoisotopic (exact) mass is 448 g/mol.